The highest BCUT2D eigenvalue weighted by molar-refractivity contribution is 5.68. The van der Waals surface area contributed by atoms with Gasteiger partial charge >= 0.3 is 6.09 Å². The van der Waals surface area contributed by atoms with E-state index in [1.807, 2.05) is 54.5 Å². The Balaban J connectivity index is 4.62. The van der Waals surface area contributed by atoms with Crippen molar-refractivity contribution < 1.29 is 14.6 Å². The molecule has 0 aliphatic heterocycles. The van der Waals surface area contributed by atoms with E-state index >= 15 is 0 Å². The number of amides is 1. The molecule has 1 amide bonds. The smallest absolute Gasteiger partial charge is 0.407 e. The van der Waals surface area contributed by atoms with Crippen molar-refractivity contribution in [3.63, 3.8) is 0 Å². The monoisotopic (exact) mass is 271 g/mol. The molecule has 0 heterocycles. The van der Waals surface area contributed by atoms with Gasteiger partial charge in [-0.05, 0) is 32.6 Å². The summed E-state index contributed by atoms with van der Waals surface area (Å²) in [4.78, 5) is 11.7. The minimum atomic E-state index is -0.713. The standard InChI is InChI=1S/C15H29NO3/c1-10(2)8-9-12(17)13(11(3)4)16-14(18)19-15(5,6)7/h8-13,17H,1-7H3,(H,16,18)/b9-8+/t12-,13-/m0/s1. The number of hydrogen-bond acceptors (Lipinski definition) is 3. The largest absolute Gasteiger partial charge is 0.444 e. The highest BCUT2D eigenvalue weighted by Crippen LogP contribution is 2.12. The number of alkyl carbamates (subject to hydrolysis) is 1. The van der Waals surface area contributed by atoms with Crippen molar-refractivity contribution in [1.29, 1.82) is 0 Å². The average Bonchev–Trinajstić information content (AvgIpc) is 2.19. The SMILES string of the molecule is CC(C)/C=C/[C@H](O)[C@@H](NC(=O)OC(C)(C)C)C(C)C. The van der Waals surface area contributed by atoms with E-state index in [2.05, 4.69) is 5.32 Å². The van der Waals surface area contributed by atoms with Gasteiger partial charge in [-0.2, -0.15) is 0 Å². The molecule has 2 N–H and O–H groups in total. The molecule has 4 nitrogen and oxygen atoms in total. The molecule has 0 unspecified atom stereocenters. The Morgan fingerprint density at radius 1 is 1.16 bits per heavy atom. The van der Waals surface area contributed by atoms with Crippen LogP contribution in [0.3, 0.4) is 0 Å². The number of carbonyl (C=O) groups is 1. The summed E-state index contributed by atoms with van der Waals surface area (Å²) >= 11 is 0. The van der Waals surface area contributed by atoms with E-state index < -0.39 is 17.8 Å². The number of allylic oxidation sites excluding steroid dienone is 1. The van der Waals surface area contributed by atoms with E-state index in [0.29, 0.717) is 5.92 Å². The lowest BCUT2D eigenvalue weighted by Gasteiger charge is -2.28. The number of carbonyl (C=O) groups excluding carboxylic acids is 1. The summed E-state index contributed by atoms with van der Waals surface area (Å²) in [5.41, 5.74) is -0.537. The van der Waals surface area contributed by atoms with Crippen LogP contribution in [0.15, 0.2) is 12.2 Å². The van der Waals surface area contributed by atoms with Crippen LogP contribution in [0.25, 0.3) is 0 Å². The molecule has 4 heteroatoms. The zero-order chi connectivity index (χ0) is 15.2. The van der Waals surface area contributed by atoms with E-state index in [4.69, 9.17) is 4.74 Å². The fourth-order valence-corrected chi connectivity index (χ4v) is 1.55. The first-order chi connectivity index (χ1) is 8.53. The Morgan fingerprint density at radius 3 is 2.05 bits per heavy atom. The summed E-state index contributed by atoms with van der Waals surface area (Å²) in [6.45, 7) is 13.4. The summed E-state index contributed by atoms with van der Waals surface area (Å²) < 4.78 is 5.21. The maximum absolute atomic E-state index is 11.7. The number of ether oxygens (including phenoxy) is 1. The molecule has 19 heavy (non-hydrogen) atoms. The predicted molar refractivity (Wildman–Crippen MR) is 78.0 cm³/mol. The van der Waals surface area contributed by atoms with Gasteiger partial charge in [0.15, 0.2) is 0 Å². The van der Waals surface area contributed by atoms with Gasteiger partial charge in [-0.15, -0.1) is 0 Å². The molecule has 2 atom stereocenters. The second-order valence-corrected chi connectivity index (χ2v) is 6.54. The van der Waals surface area contributed by atoms with Crippen LogP contribution in [-0.4, -0.2) is 28.9 Å². The second kappa shape index (κ2) is 7.53. The zero-order valence-electron chi connectivity index (χ0n) is 13.2. The van der Waals surface area contributed by atoms with E-state index in [1.54, 1.807) is 6.08 Å². The van der Waals surface area contributed by atoms with Crippen LogP contribution in [0, 0.1) is 11.8 Å². The van der Waals surface area contributed by atoms with Gasteiger partial charge in [-0.25, -0.2) is 4.79 Å². The molecule has 0 aromatic heterocycles. The number of aliphatic hydroxyl groups is 1. The lowest BCUT2D eigenvalue weighted by molar-refractivity contribution is 0.0423. The molecule has 0 aliphatic rings. The quantitative estimate of drug-likeness (QED) is 0.755. The molecule has 0 aliphatic carbocycles. The van der Waals surface area contributed by atoms with Gasteiger partial charge in [0.1, 0.15) is 5.60 Å². The molecule has 0 spiro atoms. The van der Waals surface area contributed by atoms with Gasteiger partial charge in [-0.3, -0.25) is 0 Å². The molecule has 0 saturated heterocycles. The van der Waals surface area contributed by atoms with E-state index in [-0.39, 0.29) is 12.0 Å². The van der Waals surface area contributed by atoms with Crippen molar-refractivity contribution in [3.8, 4) is 0 Å². The van der Waals surface area contributed by atoms with Gasteiger partial charge in [-0.1, -0.05) is 39.8 Å². The molecule has 0 fully saturated rings. The highest BCUT2D eigenvalue weighted by atomic mass is 16.6. The second-order valence-electron chi connectivity index (χ2n) is 6.54. The number of rotatable bonds is 5. The van der Waals surface area contributed by atoms with E-state index in [1.165, 1.54) is 0 Å². The fourth-order valence-electron chi connectivity index (χ4n) is 1.55. The highest BCUT2D eigenvalue weighted by Gasteiger charge is 2.25. The average molecular weight is 271 g/mol. The lowest BCUT2D eigenvalue weighted by Crippen LogP contribution is -2.47. The van der Waals surface area contributed by atoms with Crippen LogP contribution in [0.4, 0.5) is 4.79 Å². The van der Waals surface area contributed by atoms with Crippen molar-refractivity contribution in [3.05, 3.63) is 12.2 Å². The van der Waals surface area contributed by atoms with Gasteiger partial charge < -0.3 is 15.2 Å². The van der Waals surface area contributed by atoms with Crippen molar-refractivity contribution >= 4 is 6.09 Å². The van der Waals surface area contributed by atoms with Crippen molar-refractivity contribution in [2.45, 2.75) is 66.2 Å². The maximum atomic E-state index is 11.7. The molecule has 0 saturated carbocycles. The molecule has 0 bridgehead atoms. The molecule has 0 aromatic rings. The van der Waals surface area contributed by atoms with E-state index in [9.17, 15) is 9.90 Å². The number of nitrogens with one attached hydrogen (secondary N) is 1. The normalized spacial score (nSPS) is 15.9. The number of aliphatic hydroxyl groups excluding tert-OH is 1. The lowest BCUT2D eigenvalue weighted by atomic mass is 9.97. The van der Waals surface area contributed by atoms with Crippen molar-refractivity contribution in [1.82, 2.24) is 5.32 Å². The third-order valence-corrected chi connectivity index (χ3v) is 2.46. The topological polar surface area (TPSA) is 58.6 Å². The molecular weight excluding hydrogens is 242 g/mol. The van der Waals surface area contributed by atoms with Crippen LogP contribution in [0.2, 0.25) is 0 Å². The van der Waals surface area contributed by atoms with Crippen LogP contribution in [-0.2, 0) is 4.74 Å². The third-order valence-electron chi connectivity index (χ3n) is 2.46. The molecule has 0 radical (unpaired) electrons. The Morgan fingerprint density at radius 2 is 1.68 bits per heavy atom. The Bertz CT molecular complexity index is 303. The summed E-state index contributed by atoms with van der Waals surface area (Å²) in [7, 11) is 0. The minimum absolute atomic E-state index is 0.110. The first-order valence-electron chi connectivity index (χ1n) is 6.89. The summed E-state index contributed by atoms with van der Waals surface area (Å²) in [6, 6.07) is -0.357. The first-order valence-corrected chi connectivity index (χ1v) is 6.89. The molecule has 112 valence electrons. The van der Waals surface area contributed by atoms with Gasteiger partial charge in [0.25, 0.3) is 0 Å². The minimum Gasteiger partial charge on any atom is -0.444 e. The predicted octanol–water partition coefficient (Wildman–Crippen LogP) is 3.11. The van der Waals surface area contributed by atoms with Crippen LogP contribution in [0.1, 0.15) is 48.5 Å². The van der Waals surface area contributed by atoms with Gasteiger partial charge in [0.2, 0.25) is 0 Å². The Labute approximate surface area is 117 Å². The molecular formula is C15H29NO3. The van der Waals surface area contributed by atoms with Gasteiger partial charge in [0.05, 0.1) is 12.1 Å². The summed E-state index contributed by atoms with van der Waals surface area (Å²) in [6.07, 6.45) is 2.45. The van der Waals surface area contributed by atoms with Gasteiger partial charge in [0, 0.05) is 0 Å². The van der Waals surface area contributed by atoms with Crippen LogP contribution in [0.5, 0.6) is 0 Å². The summed E-state index contributed by atoms with van der Waals surface area (Å²) in [5, 5.41) is 12.9. The number of hydrogen-bond donors (Lipinski definition) is 2. The third kappa shape index (κ3) is 8.65. The first kappa shape index (κ1) is 18.0. The Kier molecular flexibility index (Phi) is 7.12. The molecule has 0 rings (SSSR count). The van der Waals surface area contributed by atoms with Crippen molar-refractivity contribution in [2.24, 2.45) is 11.8 Å². The maximum Gasteiger partial charge on any atom is 0.407 e. The van der Waals surface area contributed by atoms with Crippen LogP contribution >= 0.6 is 0 Å². The summed E-state index contributed by atoms with van der Waals surface area (Å²) in [5.74, 6) is 0.475. The molecule has 0 aromatic carbocycles. The Hall–Kier alpha value is -1.03. The van der Waals surface area contributed by atoms with Crippen LogP contribution < -0.4 is 5.32 Å². The fraction of sp³-hybridized carbons (Fsp3) is 0.800. The van der Waals surface area contributed by atoms with E-state index in [0.717, 1.165) is 0 Å². The van der Waals surface area contributed by atoms with Crippen molar-refractivity contribution in [2.75, 3.05) is 0 Å². The zero-order valence-corrected chi connectivity index (χ0v) is 13.2.